The monoisotopic (exact) mass is 402 g/mol. The number of amides is 1. The highest BCUT2D eigenvalue weighted by molar-refractivity contribution is 6.31. The quantitative estimate of drug-likeness (QED) is 0.725. The van der Waals surface area contributed by atoms with Gasteiger partial charge in [0, 0.05) is 11.1 Å². The van der Waals surface area contributed by atoms with Gasteiger partial charge < -0.3 is 20.1 Å². The second-order valence-electron chi connectivity index (χ2n) is 7.32. The Labute approximate surface area is 171 Å². The lowest BCUT2D eigenvalue weighted by molar-refractivity contribution is -0.121. The lowest BCUT2D eigenvalue weighted by Gasteiger charge is -2.26. The molecule has 28 heavy (non-hydrogen) atoms. The second-order valence-corrected chi connectivity index (χ2v) is 7.72. The zero-order chi connectivity index (χ0) is 20.1. The molecule has 0 aliphatic carbocycles. The fourth-order valence-electron chi connectivity index (χ4n) is 3.29. The first-order valence-electron chi connectivity index (χ1n) is 9.62. The van der Waals surface area contributed by atoms with Crippen LogP contribution in [0.25, 0.3) is 0 Å². The Kier molecular flexibility index (Phi) is 6.81. The van der Waals surface area contributed by atoms with Crippen LogP contribution in [0.1, 0.15) is 44.0 Å². The molecule has 1 aliphatic heterocycles. The minimum absolute atomic E-state index is 0.0220. The van der Waals surface area contributed by atoms with Gasteiger partial charge in [0.05, 0.1) is 12.6 Å². The summed E-state index contributed by atoms with van der Waals surface area (Å²) in [6.45, 7) is 7.48. The minimum Gasteiger partial charge on any atom is -0.486 e. The van der Waals surface area contributed by atoms with Crippen LogP contribution >= 0.6 is 11.6 Å². The second kappa shape index (κ2) is 9.30. The van der Waals surface area contributed by atoms with E-state index in [0.717, 1.165) is 22.6 Å². The van der Waals surface area contributed by atoms with Crippen LogP contribution in [0.15, 0.2) is 42.5 Å². The first-order valence-corrected chi connectivity index (χ1v) is 10.00. The van der Waals surface area contributed by atoms with E-state index in [9.17, 15) is 4.79 Å². The highest BCUT2D eigenvalue weighted by atomic mass is 35.5. The largest absolute Gasteiger partial charge is 0.486 e. The first kappa shape index (κ1) is 20.5. The zero-order valence-electron chi connectivity index (χ0n) is 16.5. The number of benzene rings is 2. The molecule has 5 nitrogen and oxygen atoms in total. The van der Waals surface area contributed by atoms with Gasteiger partial charge in [0.2, 0.25) is 5.91 Å². The Morgan fingerprint density at radius 2 is 1.79 bits per heavy atom. The van der Waals surface area contributed by atoms with Gasteiger partial charge in [-0.3, -0.25) is 4.79 Å². The summed E-state index contributed by atoms with van der Waals surface area (Å²) in [4.78, 5) is 12.6. The molecule has 1 amide bonds. The summed E-state index contributed by atoms with van der Waals surface area (Å²) in [5.74, 6) is 1.65. The van der Waals surface area contributed by atoms with Crippen molar-refractivity contribution in [3.8, 4) is 11.5 Å². The third kappa shape index (κ3) is 4.97. The van der Waals surface area contributed by atoms with Gasteiger partial charge in [-0.2, -0.15) is 0 Å². The van der Waals surface area contributed by atoms with Crippen molar-refractivity contribution in [3.05, 3.63) is 58.6 Å². The molecule has 150 valence electrons. The molecule has 0 bridgehead atoms. The molecule has 2 atom stereocenters. The summed E-state index contributed by atoms with van der Waals surface area (Å²) in [7, 11) is 0. The van der Waals surface area contributed by atoms with E-state index in [2.05, 4.69) is 24.5 Å². The molecule has 0 saturated carbocycles. The van der Waals surface area contributed by atoms with Gasteiger partial charge in [-0.15, -0.1) is 0 Å². The molecular weight excluding hydrogens is 376 g/mol. The highest BCUT2D eigenvalue weighted by Gasteiger charge is 2.21. The maximum atomic E-state index is 12.6. The number of nitrogens with one attached hydrogen (secondary N) is 2. The maximum absolute atomic E-state index is 12.6. The Bertz CT molecular complexity index is 825. The molecule has 2 aromatic carbocycles. The van der Waals surface area contributed by atoms with Crippen LogP contribution in [0.5, 0.6) is 11.5 Å². The fourth-order valence-corrected chi connectivity index (χ4v) is 3.59. The average Bonchev–Trinajstić information content (AvgIpc) is 2.70. The third-order valence-corrected chi connectivity index (χ3v) is 5.19. The molecule has 0 spiro atoms. The predicted octanol–water partition coefficient (Wildman–Crippen LogP) is 4.28. The first-order chi connectivity index (χ1) is 13.5. The van der Waals surface area contributed by atoms with E-state index in [1.54, 1.807) is 0 Å². The number of carbonyl (C=O) groups excluding carboxylic acids is 1. The van der Waals surface area contributed by atoms with Gasteiger partial charge in [-0.1, -0.05) is 49.7 Å². The number of rotatable bonds is 7. The number of halogens is 1. The van der Waals surface area contributed by atoms with Crippen molar-refractivity contribution >= 4 is 17.5 Å². The standard InChI is InChI=1S/C22H27ClN2O3/c1-14(2)22(16-8-9-19-20(12-16)28-11-10-27-19)25-21(26)13-24-15(3)17-6-4-5-7-18(17)23/h4-9,12,14-15,22,24H,10-11,13H2,1-3H3,(H,25,26)/t15-,22-/m1/s1. The summed E-state index contributed by atoms with van der Waals surface area (Å²) in [5.41, 5.74) is 1.98. The van der Waals surface area contributed by atoms with Crippen molar-refractivity contribution in [2.45, 2.75) is 32.9 Å². The van der Waals surface area contributed by atoms with Crippen molar-refractivity contribution in [1.29, 1.82) is 0 Å². The molecule has 0 unspecified atom stereocenters. The lowest BCUT2D eigenvalue weighted by atomic mass is 9.95. The number of carbonyl (C=O) groups is 1. The maximum Gasteiger partial charge on any atom is 0.234 e. The molecule has 1 aliphatic rings. The van der Waals surface area contributed by atoms with Gasteiger partial charge in [0.25, 0.3) is 0 Å². The van der Waals surface area contributed by atoms with Crippen LogP contribution in [0.3, 0.4) is 0 Å². The molecule has 2 aromatic rings. The summed E-state index contributed by atoms with van der Waals surface area (Å²) in [6, 6.07) is 13.4. The van der Waals surface area contributed by atoms with Gasteiger partial charge in [-0.05, 0) is 42.2 Å². The van der Waals surface area contributed by atoms with Crippen molar-refractivity contribution in [1.82, 2.24) is 10.6 Å². The van der Waals surface area contributed by atoms with E-state index in [0.29, 0.717) is 18.2 Å². The van der Waals surface area contributed by atoms with Gasteiger partial charge in [0.15, 0.2) is 11.5 Å². The van der Waals surface area contributed by atoms with E-state index >= 15 is 0 Å². The Morgan fingerprint density at radius 3 is 2.50 bits per heavy atom. The number of ether oxygens (including phenoxy) is 2. The van der Waals surface area contributed by atoms with E-state index < -0.39 is 0 Å². The molecule has 0 fully saturated rings. The molecule has 1 heterocycles. The van der Waals surface area contributed by atoms with E-state index in [4.69, 9.17) is 21.1 Å². The topological polar surface area (TPSA) is 59.6 Å². The van der Waals surface area contributed by atoms with Gasteiger partial charge in [0.1, 0.15) is 13.2 Å². The van der Waals surface area contributed by atoms with Crippen molar-refractivity contribution in [3.63, 3.8) is 0 Å². The number of hydrogen-bond acceptors (Lipinski definition) is 4. The van der Waals surface area contributed by atoms with Gasteiger partial charge in [-0.25, -0.2) is 0 Å². The SMILES string of the molecule is CC(C)[C@@H](NC(=O)CN[C@H](C)c1ccccc1Cl)c1ccc2c(c1)OCCO2. The summed E-state index contributed by atoms with van der Waals surface area (Å²) in [6.07, 6.45) is 0. The number of fused-ring (bicyclic) bond motifs is 1. The molecule has 2 N–H and O–H groups in total. The van der Waals surface area contributed by atoms with E-state index in [1.807, 2.05) is 49.4 Å². The molecule has 0 aromatic heterocycles. The summed E-state index contributed by atoms with van der Waals surface area (Å²) < 4.78 is 11.3. The van der Waals surface area contributed by atoms with Crippen molar-refractivity contribution in [2.24, 2.45) is 5.92 Å². The molecule has 3 rings (SSSR count). The van der Waals surface area contributed by atoms with Crippen LogP contribution in [-0.4, -0.2) is 25.7 Å². The smallest absolute Gasteiger partial charge is 0.234 e. The third-order valence-electron chi connectivity index (χ3n) is 4.85. The van der Waals surface area contributed by atoms with E-state index in [-0.39, 0.29) is 30.5 Å². The lowest BCUT2D eigenvalue weighted by Crippen LogP contribution is -2.39. The van der Waals surface area contributed by atoms with E-state index in [1.165, 1.54) is 0 Å². The highest BCUT2D eigenvalue weighted by Crippen LogP contribution is 2.34. The Morgan fingerprint density at radius 1 is 1.07 bits per heavy atom. The van der Waals surface area contributed by atoms with Crippen LogP contribution in [-0.2, 0) is 4.79 Å². The zero-order valence-corrected chi connectivity index (χ0v) is 17.3. The van der Waals surface area contributed by atoms with Gasteiger partial charge >= 0.3 is 0 Å². The van der Waals surface area contributed by atoms with Crippen molar-refractivity contribution in [2.75, 3.05) is 19.8 Å². The van der Waals surface area contributed by atoms with Crippen LogP contribution in [0.2, 0.25) is 5.02 Å². The number of hydrogen-bond donors (Lipinski definition) is 2. The van der Waals surface area contributed by atoms with Crippen LogP contribution in [0, 0.1) is 5.92 Å². The summed E-state index contributed by atoms with van der Waals surface area (Å²) >= 11 is 6.24. The minimum atomic E-state index is -0.110. The Hall–Kier alpha value is -2.24. The average molecular weight is 403 g/mol. The van der Waals surface area contributed by atoms with Crippen LogP contribution < -0.4 is 20.1 Å². The fraction of sp³-hybridized carbons (Fsp3) is 0.409. The van der Waals surface area contributed by atoms with Crippen molar-refractivity contribution < 1.29 is 14.3 Å². The van der Waals surface area contributed by atoms with Crippen LogP contribution in [0.4, 0.5) is 0 Å². The molecular formula is C22H27ClN2O3. The molecule has 0 radical (unpaired) electrons. The summed E-state index contributed by atoms with van der Waals surface area (Å²) in [5, 5.41) is 7.07. The predicted molar refractivity (Wildman–Crippen MR) is 111 cm³/mol. The molecule has 0 saturated heterocycles. The molecule has 6 heteroatoms. The normalized spacial score (nSPS) is 15.2. The Balaban J connectivity index is 1.62.